The SMILES string of the molecule is COC(=O)[C@H](CSCc1ccc([N+](=O)[O-])cc1)N1C(=O)c2ccccc2C1=O. The summed E-state index contributed by atoms with van der Waals surface area (Å²) >= 11 is 1.33. The molecule has 0 bridgehead atoms. The number of methoxy groups -OCH3 is 1. The molecular formula is C19H16N2O6S. The lowest BCUT2D eigenvalue weighted by atomic mass is 10.1. The maximum Gasteiger partial charge on any atom is 0.329 e. The van der Waals surface area contributed by atoms with Gasteiger partial charge in [-0.15, -0.1) is 0 Å². The molecule has 3 rings (SSSR count). The van der Waals surface area contributed by atoms with E-state index in [1.165, 1.54) is 31.0 Å². The molecule has 0 saturated carbocycles. The van der Waals surface area contributed by atoms with Crippen LogP contribution in [0.3, 0.4) is 0 Å². The van der Waals surface area contributed by atoms with Crippen molar-refractivity contribution in [3.05, 3.63) is 75.3 Å². The normalized spacial score (nSPS) is 14.0. The van der Waals surface area contributed by atoms with E-state index < -0.39 is 28.7 Å². The highest BCUT2D eigenvalue weighted by molar-refractivity contribution is 7.98. The second-order valence-electron chi connectivity index (χ2n) is 6.00. The van der Waals surface area contributed by atoms with Crippen LogP contribution in [-0.4, -0.2) is 46.5 Å². The number of hydrogen-bond donors (Lipinski definition) is 0. The van der Waals surface area contributed by atoms with Gasteiger partial charge in [0.1, 0.15) is 6.04 Å². The molecule has 28 heavy (non-hydrogen) atoms. The van der Waals surface area contributed by atoms with Crippen LogP contribution in [-0.2, 0) is 15.3 Å². The zero-order chi connectivity index (χ0) is 20.3. The summed E-state index contributed by atoms with van der Waals surface area (Å²) in [6.07, 6.45) is 0. The number of imide groups is 1. The van der Waals surface area contributed by atoms with Gasteiger partial charge in [-0.05, 0) is 17.7 Å². The number of nitro groups is 1. The fourth-order valence-electron chi connectivity index (χ4n) is 2.88. The Bertz CT molecular complexity index is 909. The Labute approximate surface area is 164 Å². The molecule has 1 aliphatic heterocycles. The van der Waals surface area contributed by atoms with Gasteiger partial charge in [-0.25, -0.2) is 4.79 Å². The molecule has 0 aliphatic carbocycles. The highest BCUT2D eigenvalue weighted by Crippen LogP contribution is 2.27. The van der Waals surface area contributed by atoms with Gasteiger partial charge in [0.05, 0.1) is 23.2 Å². The van der Waals surface area contributed by atoms with E-state index in [0.29, 0.717) is 5.75 Å². The van der Waals surface area contributed by atoms with E-state index in [0.717, 1.165) is 10.5 Å². The third kappa shape index (κ3) is 3.74. The Hall–Kier alpha value is -3.20. The Morgan fingerprint density at radius 2 is 1.68 bits per heavy atom. The molecule has 2 aromatic rings. The van der Waals surface area contributed by atoms with Crippen molar-refractivity contribution in [1.82, 2.24) is 4.90 Å². The molecule has 1 atom stereocenters. The number of thioether (sulfide) groups is 1. The Morgan fingerprint density at radius 1 is 1.11 bits per heavy atom. The number of amides is 2. The molecule has 2 aromatic carbocycles. The third-order valence-corrected chi connectivity index (χ3v) is 5.39. The van der Waals surface area contributed by atoms with E-state index in [9.17, 15) is 24.5 Å². The fourth-order valence-corrected chi connectivity index (χ4v) is 3.93. The summed E-state index contributed by atoms with van der Waals surface area (Å²) in [6, 6.07) is 11.4. The van der Waals surface area contributed by atoms with Crippen molar-refractivity contribution in [1.29, 1.82) is 0 Å². The second-order valence-corrected chi connectivity index (χ2v) is 7.03. The number of non-ortho nitro benzene ring substituents is 1. The highest BCUT2D eigenvalue weighted by Gasteiger charge is 2.43. The lowest BCUT2D eigenvalue weighted by Crippen LogP contribution is -2.47. The average Bonchev–Trinajstić information content (AvgIpc) is 2.96. The largest absolute Gasteiger partial charge is 0.467 e. The molecule has 0 unspecified atom stereocenters. The minimum absolute atomic E-state index is 0.00721. The fraction of sp³-hybridized carbons (Fsp3) is 0.211. The van der Waals surface area contributed by atoms with Crippen molar-refractivity contribution in [3.8, 4) is 0 Å². The minimum Gasteiger partial charge on any atom is -0.467 e. The van der Waals surface area contributed by atoms with Crippen LogP contribution >= 0.6 is 11.8 Å². The molecule has 0 aromatic heterocycles. The predicted molar refractivity (Wildman–Crippen MR) is 102 cm³/mol. The highest BCUT2D eigenvalue weighted by atomic mass is 32.2. The van der Waals surface area contributed by atoms with Gasteiger partial charge in [0.15, 0.2) is 0 Å². The van der Waals surface area contributed by atoms with E-state index in [1.807, 2.05) is 0 Å². The first-order valence-electron chi connectivity index (χ1n) is 8.30. The Balaban J connectivity index is 1.71. The van der Waals surface area contributed by atoms with E-state index >= 15 is 0 Å². The van der Waals surface area contributed by atoms with Crippen LogP contribution in [0.1, 0.15) is 26.3 Å². The number of esters is 1. The van der Waals surface area contributed by atoms with E-state index in [1.54, 1.807) is 36.4 Å². The number of nitrogens with zero attached hydrogens (tertiary/aromatic N) is 2. The number of nitro benzene ring substituents is 1. The van der Waals surface area contributed by atoms with Crippen LogP contribution in [0.4, 0.5) is 5.69 Å². The van der Waals surface area contributed by atoms with Gasteiger partial charge in [-0.1, -0.05) is 24.3 Å². The monoisotopic (exact) mass is 400 g/mol. The molecular weight excluding hydrogens is 384 g/mol. The molecule has 0 radical (unpaired) electrons. The van der Waals surface area contributed by atoms with Gasteiger partial charge < -0.3 is 4.74 Å². The zero-order valence-electron chi connectivity index (χ0n) is 14.9. The Kier molecular flexibility index (Phi) is 5.74. The van der Waals surface area contributed by atoms with Gasteiger partial charge in [-0.3, -0.25) is 24.6 Å². The first kappa shape index (κ1) is 19.6. The summed E-state index contributed by atoms with van der Waals surface area (Å²) in [6.45, 7) is 0. The van der Waals surface area contributed by atoms with Crippen molar-refractivity contribution in [2.24, 2.45) is 0 Å². The zero-order valence-corrected chi connectivity index (χ0v) is 15.7. The van der Waals surface area contributed by atoms with Crippen molar-refractivity contribution in [2.45, 2.75) is 11.8 Å². The number of benzene rings is 2. The molecule has 144 valence electrons. The van der Waals surface area contributed by atoms with Crippen molar-refractivity contribution in [3.63, 3.8) is 0 Å². The summed E-state index contributed by atoms with van der Waals surface area (Å²) in [4.78, 5) is 48.7. The van der Waals surface area contributed by atoms with Crippen LogP contribution in [0.25, 0.3) is 0 Å². The summed E-state index contributed by atoms with van der Waals surface area (Å²) in [5.74, 6) is -1.12. The maximum absolute atomic E-state index is 12.6. The summed E-state index contributed by atoms with van der Waals surface area (Å²) in [5, 5.41) is 10.7. The van der Waals surface area contributed by atoms with Crippen LogP contribution in [0, 0.1) is 10.1 Å². The third-order valence-electron chi connectivity index (χ3n) is 4.30. The molecule has 0 saturated heterocycles. The minimum atomic E-state index is -1.06. The number of carbonyl (C=O) groups excluding carboxylic acids is 3. The summed E-state index contributed by atoms with van der Waals surface area (Å²) < 4.78 is 4.79. The first-order chi connectivity index (χ1) is 13.4. The molecule has 9 heteroatoms. The summed E-state index contributed by atoms with van der Waals surface area (Å²) in [7, 11) is 1.20. The van der Waals surface area contributed by atoms with Crippen molar-refractivity contribution >= 4 is 35.2 Å². The van der Waals surface area contributed by atoms with E-state index in [-0.39, 0.29) is 22.6 Å². The average molecular weight is 400 g/mol. The Morgan fingerprint density at radius 3 is 2.18 bits per heavy atom. The van der Waals surface area contributed by atoms with Crippen LogP contribution in [0.15, 0.2) is 48.5 Å². The lowest BCUT2D eigenvalue weighted by Gasteiger charge is -2.23. The molecule has 1 aliphatic rings. The van der Waals surface area contributed by atoms with Crippen LogP contribution < -0.4 is 0 Å². The van der Waals surface area contributed by atoms with E-state index in [2.05, 4.69) is 0 Å². The van der Waals surface area contributed by atoms with Crippen molar-refractivity contribution in [2.75, 3.05) is 12.9 Å². The van der Waals surface area contributed by atoms with Gasteiger partial charge >= 0.3 is 5.97 Å². The lowest BCUT2D eigenvalue weighted by molar-refractivity contribution is -0.384. The number of fused-ring (bicyclic) bond motifs is 1. The second kappa shape index (κ2) is 8.22. The van der Waals surface area contributed by atoms with E-state index in [4.69, 9.17) is 4.74 Å². The smallest absolute Gasteiger partial charge is 0.329 e. The molecule has 8 nitrogen and oxygen atoms in total. The van der Waals surface area contributed by atoms with Gasteiger partial charge in [-0.2, -0.15) is 11.8 Å². The van der Waals surface area contributed by atoms with Gasteiger partial charge in [0.25, 0.3) is 17.5 Å². The first-order valence-corrected chi connectivity index (χ1v) is 9.45. The van der Waals surface area contributed by atoms with Gasteiger partial charge in [0, 0.05) is 23.6 Å². The number of carbonyl (C=O) groups is 3. The molecule has 0 fully saturated rings. The molecule has 2 amide bonds. The molecule has 1 heterocycles. The summed E-state index contributed by atoms with van der Waals surface area (Å²) in [5.41, 5.74) is 1.34. The number of ether oxygens (including phenoxy) is 1. The van der Waals surface area contributed by atoms with Gasteiger partial charge in [0.2, 0.25) is 0 Å². The molecule has 0 spiro atoms. The van der Waals surface area contributed by atoms with Crippen LogP contribution in [0.5, 0.6) is 0 Å². The predicted octanol–water partition coefficient (Wildman–Crippen LogP) is 2.67. The standard InChI is InChI=1S/C19H16N2O6S/c1-27-19(24)16(11-28-10-12-6-8-13(9-7-12)21(25)26)20-17(22)14-4-2-3-5-15(14)18(20)23/h2-9,16H,10-11H2,1H3/t16-/m0/s1. The molecule has 0 N–H and O–H groups in total. The topological polar surface area (TPSA) is 107 Å². The van der Waals surface area contributed by atoms with Crippen LogP contribution in [0.2, 0.25) is 0 Å². The maximum atomic E-state index is 12.6. The number of rotatable bonds is 7. The quantitative estimate of drug-likeness (QED) is 0.304. The van der Waals surface area contributed by atoms with Crippen molar-refractivity contribution < 1.29 is 24.0 Å². The number of hydrogen-bond acceptors (Lipinski definition) is 7.